The van der Waals surface area contributed by atoms with Crippen LogP contribution in [0.4, 0.5) is 5.82 Å². The van der Waals surface area contributed by atoms with E-state index in [0.29, 0.717) is 23.8 Å². The van der Waals surface area contributed by atoms with Crippen LogP contribution in [0.25, 0.3) is 22.4 Å². The summed E-state index contributed by atoms with van der Waals surface area (Å²) in [6.45, 7) is 0.254. The molecule has 4 aromatic rings. The van der Waals surface area contributed by atoms with Crippen LogP contribution in [0, 0.1) is 0 Å². The average Bonchev–Trinajstić information content (AvgIpc) is 3.32. The van der Waals surface area contributed by atoms with Gasteiger partial charge in [-0.25, -0.2) is 15.0 Å². The number of carbonyl (C=O) groups excluding carboxylic acids is 1. The molecule has 4 aromatic heterocycles. The van der Waals surface area contributed by atoms with E-state index in [9.17, 15) is 4.79 Å². The number of fused-ring (bicyclic) bond motifs is 2. The van der Waals surface area contributed by atoms with Gasteiger partial charge in [0.05, 0.1) is 25.4 Å². The van der Waals surface area contributed by atoms with Gasteiger partial charge in [0.2, 0.25) is 5.88 Å². The molecule has 0 aromatic carbocycles. The first-order chi connectivity index (χ1) is 16.1. The van der Waals surface area contributed by atoms with Crippen LogP contribution in [0.15, 0.2) is 48.9 Å². The third-order valence-electron chi connectivity index (χ3n) is 5.81. The Morgan fingerprint density at radius 1 is 1.09 bits per heavy atom. The summed E-state index contributed by atoms with van der Waals surface area (Å²) < 4.78 is 5.08. The first kappa shape index (κ1) is 20.9. The standard InChI is InChI=1S/C25H24N6O2/c1-31(15-18(32)11-16-8-9-23(33-2)28-13-16)25-19-6-3-7-20(19)29-24(30-25)21-12-17-5-4-10-26-22(17)14-27-21/h4-5,8-10,12-14H,3,6-7,11,15H2,1-2H3. The summed E-state index contributed by atoms with van der Waals surface area (Å²) in [5, 5.41) is 0.991. The van der Waals surface area contributed by atoms with Crippen molar-refractivity contribution in [1.82, 2.24) is 24.9 Å². The van der Waals surface area contributed by atoms with Crippen LogP contribution in [0.5, 0.6) is 5.88 Å². The second kappa shape index (κ2) is 8.90. The van der Waals surface area contributed by atoms with Gasteiger partial charge < -0.3 is 9.64 Å². The van der Waals surface area contributed by atoms with Gasteiger partial charge in [0.15, 0.2) is 11.6 Å². The Morgan fingerprint density at radius 3 is 2.82 bits per heavy atom. The zero-order valence-corrected chi connectivity index (χ0v) is 18.7. The first-order valence-corrected chi connectivity index (χ1v) is 10.9. The van der Waals surface area contributed by atoms with Gasteiger partial charge in [0.25, 0.3) is 0 Å². The number of hydrogen-bond donors (Lipinski definition) is 0. The van der Waals surface area contributed by atoms with Crippen LogP contribution in [0.2, 0.25) is 0 Å². The van der Waals surface area contributed by atoms with Gasteiger partial charge in [0.1, 0.15) is 11.5 Å². The summed E-state index contributed by atoms with van der Waals surface area (Å²) in [5.74, 6) is 2.01. The highest BCUT2D eigenvalue weighted by Gasteiger charge is 2.23. The van der Waals surface area contributed by atoms with E-state index in [1.165, 1.54) is 0 Å². The van der Waals surface area contributed by atoms with Crippen LogP contribution in [0.1, 0.15) is 23.2 Å². The molecule has 4 heterocycles. The van der Waals surface area contributed by atoms with Crippen LogP contribution in [-0.4, -0.2) is 51.4 Å². The lowest BCUT2D eigenvalue weighted by molar-refractivity contribution is -0.117. The van der Waals surface area contributed by atoms with Gasteiger partial charge in [-0.05, 0) is 37.0 Å². The summed E-state index contributed by atoms with van der Waals surface area (Å²) in [7, 11) is 3.48. The number of methoxy groups -OCH3 is 1. The molecule has 1 aliphatic carbocycles. The Kier molecular flexibility index (Phi) is 5.64. The van der Waals surface area contributed by atoms with Crippen LogP contribution in [-0.2, 0) is 24.1 Å². The molecule has 0 saturated heterocycles. The van der Waals surface area contributed by atoms with E-state index in [4.69, 9.17) is 14.7 Å². The van der Waals surface area contributed by atoms with Crippen molar-refractivity contribution in [2.24, 2.45) is 0 Å². The quantitative estimate of drug-likeness (QED) is 0.432. The molecule has 33 heavy (non-hydrogen) atoms. The van der Waals surface area contributed by atoms with E-state index in [0.717, 1.165) is 52.8 Å². The topological polar surface area (TPSA) is 94.0 Å². The Labute approximate surface area is 191 Å². The Bertz CT molecular complexity index is 1320. The third-order valence-corrected chi connectivity index (χ3v) is 5.81. The number of hydrogen-bond acceptors (Lipinski definition) is 8. The number of ether oxygens (including phenoxy) is 1. The normalized spacial score (nSPS) is 12.5. The molecule has 8 nitrogen and oxygen atoms in total. The predicted octanol–water partition coefficient (Wildman–Crippen LogP) is 3.23. The fraction of sp³-hybridized carbons (Fsp3) is 0.280. The van der Waals surface area contributed by atoms with Crippen LogP contribution >= 0.6 is 0 Å². The van der Waals surface area contributed by atoms with Gasteiger partial charge in [-0.15, -0.1) is 0 Å². The molecule has 0 N–H and O–H groups in total. The fourth-order valence-corrected chi connectivity index (χ4v) is 4.20. The Balaban J connectivity index is 1.40. The second-order valence-corrected chi connectivity index (χ2v) is 8.20. The monoisotopic (exact) mass is 440 g/mol. The maximum absolute atomic E-state index is 12.8. The number of ketones is 1. The van der Waals surface area contributed by atoms with Gasteiger partial charge in [-0.1, -0.05) is 12.1 Å². The van der Waals surface area contributed by atoms with Crippen LogP contribution < -0.4 is 9.64 Å². The molecule has 0 radical (unpaired) electrons. The fourth-order valence-electron chi connectivity index (χ4n) is 4.20. The molecule has 8 heteroatoms. The number of Topliss-reactive ketones (excluding diaryl/α,β-unsaturated/α-hetero) is 1. The van der Waals surface area contributed by atoms with Crippen molar-refractivity contribution in [3.63, 3.8) is 0 Å². The second-order valence-electron chi connectivity index (χ2n) is 8.20. The number of pyridine rings is 3. The first-order valence-electron chi connectivity index (χ1n) is 10.9. The van der Waals surface area contributed by atoms with Crippen molar-refractivity contribution in [3.05, 3.63) is 65.7 Å². The highest BCUT2D eigenvalue weighted by molar-refractivity contribution is 5.85. The summed E-state index contributed by atoms with van der Waals surface area (Å²) in [5.41, 5.74) is 4.56. The minimum Gasteiger partial charge on any atom is -0.481 e. The molecule has 0 amide bonds. The molecule has 0 aliphatic heterocycles. The highest BCUT2D eigenvalue weighted by Crippen LogP contribution is 2.31. The van der Waals surface area contributed by atoms with Crippen molar-refractivity contribution in [2.75, 3.05) is 25.6 Å². The Morgan fingerprint density at radius 2 is 2.00 bits per heavy atom. The molecule has 0 saturated carbocycles. The van der Waals surface area contributed by atoms with Crippen molar-refractivity contribution in [2.45, 2.75) is 25.7 Å². The molecule has 0 spiro atoms. The van der Waals surface area contributed by atoms with Crippen molar-refractivity contribution < 1.29 is 9.53 Å². The zero-order chi connectivity index (χ0) is 22.8. The molecule has 166 valence electrons. The van der Waals surface area contributed by atoms with Gasteiger partial charge >= 0.3 is 0 Å². The molecule has 1 aliphatic rings. The Hall–Kier alpha value is -3.94. The van der Waals surface area contributed by atoms with E-state index >= 15 is 0 Å². The summed E-state index contributed by atoms with van der Waals surface area (Å²) in [6, 6.07) is 9.50. The minimum atomic E-state index is 0.0891. The summed E-state index contributed by atoms with van der Waals surface area (Å²) in [6.07, 6.45) is 8.35. The average molecular weight is 441 g/mol. The summed E-state index contributed by atoms with van der Waals surface area (Å²) in [4.78, 5) is 37.4. The molecule has 0 atom stereocenters. The van der Waals surface area contributed by atoms with E-state index in [1.807, 2.05) is 36.2 Å². The lowest BCUT2D eigenvalue weighted by atomic mass is 10.1. The number of likely N-dealkylation sites (N-methyl/N-ethyl adjacent to an activating group) is 1. The molecule has 0 fully saturated rings. The molecular formula is C25H24N6O2. The SMILES string of the molecule is COc1ccc(CC(=O)CN(C)c2nc(-c3cc4cccnc4cn3)nc3c2CCC3)cn1. The number of aryl methyl sites for hydroxylation is 1. The van der Waals surface area contributed by atoms with E-state index in [-0.39, 0.29) is 12.3 Å². The number of aromatic nitrogens is 5. The lowest BCUT2D eigenvalue weighted by Gasteiger charge is -2.21. The number of nitrogens with zero attached hydrogens (tertiary/aromatic N) is 6. The van der Waals surface area contributed by atoms with Gasteiger partial charge in [0, 0.05) is 48.6 Å². The zero-order valence-electron chi connectivity index (χ0n) is 18.7. The van der Waals surface area contributed by atoms with Crippen molar-refractivity contribution in [3.8, 4) is 17.4 Å². The highest BCUT2D eigenvalue weighted by atomic mass is 16.5. The number of carbonyl (C=O) groups is 1. The molecule has 0 unspecified atom stereocenters. The van der Waals surface area contributed by atoms with E-state index in [1.54, 1.807) is 31.8 Å². The third kappa shape index (κ3) is 4.37. The van der Waals surface area contributed by atoms with Crippen molar-refractivity contribution in [1.29, 1.82) is 0 Å². The lowest BCUT2D eigenvalue weighted by Crippen LogP contribution is -2.28. The maximum atomic E-state index is 12.8. The molecule has 0 bridgehead atoms. The van der Waals surface area contributed by atoms with Crippen molar-refractivity contribution >= 4 is 22.5 Å². The predicted molar refractivity (Wildman–Crippen MR) is 125 cm³/mol. The largest absolute Gasteiger partial charge is 0.481 e. The minimum absolute atomic E-state index is 0.0891. The molecule has 5 rings (SSSR count). The maximum Gasteiger partial charge on any atom is 0.212 e. The van der Waals surface area contributed by atoms with E-state index in [2.05, 4.69) is 15.0 Å². The van der Waals surface area contributed by atoms with Crippen LogP contribution in [0.3, 0.4) is 0 Å². The van der Waals surface area contributed by atoms with Gasteiger partial charge in [-0.2, -0.15) is 0 Å². The smallest absolute Gasteiger partial charge is 0.212 e. The van der Waals surface area contributed by atoms with Gasteiger partial charge in [-0.3, -0.25) is 14.8 Å². The van der Waals surface area contributed by atoms with E-state index < -0.39 is 0 Å². The number of rotatable bonds is 7. The molecular weight excluding hydrogens is 416 g/mol. The number of anilines is 1. The summed E-state index contributed by atoms with van der Waals surface area (Å²) >= 11 is 0.